The maximum Gasteiger partial charge on any atom is 0.258 e. The van der Waals surface area contributed by atoms with E-state index < -0.39 is 0 Å². The van der Waals surface area contributed by atoms with Crippen molar-refractivity contribution in [1.29, 1.82) is 0 Å². The van der Waals surface area contributed by atoms with Crippen molar-refractivity contribution in [3.63, 3.8) is 0 Å². The van der Waals surface area contributed by atoms with Gasteiger partial charge < -0.3 is 25.0 Å². The van der Waals surface area contributed by atoms with Crippen LogP contribution in [0.25, 0.3) is 0 Å². The van der Waals surface area contributed by atoms with Crippen LogP contribution in [0.1, 0.15) is 46.6 Å². The fourth-order valence-electron chi connectivity index (χ4n) is 2.77. The molecule has 0 aliphatic heterocycles. The van der Waals surface area contributed by atoms with Crippen molar-refractivity contribution in [1.82, 2.24) is 15.5 Å². The number of carbonyl (C=O) groups excluding carboxylic acids is 1. The lowest BCUT2D eigenvalue weighted by atomic mass is 10.1. The first-order chi connectivity index (χ1) is 13.2. The summed E-state index contributed by atoms with van der Waals surface area (Å²) in [4.78, 5) is 14.4. The molecule has 1 aromatic carbocycles. The van der Waals surface area contributed by atoms with Gasteiger partial charge in [0.05, 0.1) is 7.11 Å². The van der Waals surface area contributed by atoms with Gasteiger partial charge >= 0.3 is 0 Å². The van der Waals surface area contributed by atoms with Crippen LogP contribution in [0.15, 0.2) is 16.6 Å². The van der Waals surface area contributed by atoms with Gasteiger partial charge in [-0.1, -0.05) is 29.8 Å². The molecule has 6 nitrogen and oxygen atoms in total. The van der Waals surface area contributed by atoms with Gasteiger partial charge in [0.25, 0.3) is 5.91 Å². The van der Waals surface area contributed by atoms with E-state index in [-0.39, 0.29) is 18.1 Å². The minimum atomic E-state index is -0.286. The summed E-state index contributed by atoms with van der Waals surface area (Å²) in [5.74, 6) is 1.00. The molecule has 0 unspecified atom stereocenters. The smallest absolute Gasteiger partial charge is 0.258 e. The first-order valence-corrected chi connectivity index (χ1v) is 10.7. The van der Waals surface area contributed by atoms with Crippen LogP contribution in [0.4, 0.5) is 0 Å². The highest BCUT2D eigenvalue weighted by atomic mass is 79.9. The van der Waals surface area contributed by atoms with E-state index in [0.717, 1.165) is 49.2 Å². The Morgan fingerprint density at radius 1 is 1.18 bits per heavy atom. The fourth-order valence-corrected chi connectivity index (χ4v) is 3.24. The monoisotopic (exact) mass is 457 g/mol. The molecule has 0 spiro atoms. The molecule has 0 fully saturated rings. The SMILES string of the molecule is CCN(CC)CCCNCc1cc(OC)c(OCC(=O)NC(C)(C)C)cc1Br. The van der Waals surface area contributed by atoms with Gasteiger partial charge in [0.2, 0.25) is 0 Å². The summed E-state index contributed by atoms with van der Waals surface area (Å²) in [7, 11) is 1.60. The molecule has 0 atom stereocenters. The zero-order chi connectivity index (χ0) is 21.2. The van der Waals surface area contributed by atoms with Crippen LogP contribution in [-0.2, 0) is 11.3 Å². The molecular weight excluding hydrogens is 422 g/mol. The van der Waals surface area contributed by atoms with Crippen molar-refractivity contribution in [2.45, 2.75) is 53.1 Å². The summed E-state index contributed by atoms with van der Waals surface area (Å²) in [6, 6.07) is 3.80. The van der Waals surface area contributed by atoms with Crippen molar-refractivity contribution in [3.8, 4) is 11.5 Å². The van der Waals surface area contributed by atoms with Gasteiger partial charge in [0, 0.05) is 16.6 Å². The lowest BCUT2D eigenvalue weighted by Gasteiger charge is -2.21. The van der Waals surface area contributed by atoms with Crippen molar-refractivity contribution >= 4 is 21.8 Å². The number of carbonyl (C=O) groups is 1. The molecule has 7 heteroatoms. The third kappa shape index (κ3) is 9.26. The average Bonchev–Trinajstić information content (AvgIpc) is 2.62. The van der Waals surface area contributed by atoms with Gasteiger partial charge in [-0.2, -0.15) is 0 Å². The minimum absolute atomic E-state index is 0.0526. The zero-order valence-corrected chi connectivity index (χ0v) is 19.7. The van der Waals surface area contributed by atoms with Crippen LogP contribution in [-0.4, -0.2) is 56.2 Å². The molecule has 0 radical (unpaired) electrons. The lowest BCUT2D eigenvalue weighted by Crippen LogP contribution is -2.43. The van der Waals surface area contributed by atoms with Crippen LogP contribution >= 0.6 is 15.9 Å². The summed E-state index contributed by atoms with van der Waals surface area (Å²) >= 11 is 3.60. The maximum absolute atomic E-state index is 12.0. The number of methoxy groups -OCH3 is 1. The first-order valence-electron chi connectivity index (χ1n) is 9.93. The number of ether oxygens (including phenoxy) is 2. The van der Waals surface area contributed by atoms with Gasteiger partial charge in [0.15, 0.2) is 18.1 Å². The zero-order valence-electron chi connectivity index (χ0n) is 18.2. The van der Waals surface area contributed by atoms with Crippen LogP contribution < -0.4 is 20.1 Å². The molecule has 0 aliphatic carbocycles. The Hall–Kier alpha value is -1.31. The average molecular weight is 458 g/mol. The van der Waals surface area contributed by atoms with Crippen molar-refractivity contribution in [2.24, 2.45) is 0 Å². The molecule has 0 saturated carbocycles. The number of hydrogen-bond donors (Lipinski definition) is 2. The quantitative estimate of drug-likeness (QED) is 0.469. The predicted octanol–water partition coefficient (Wildman–Crippen LogP) is 3.57. The van der Waals surface area contributed by atoms with Crippen LogP contribution in [0.2, 0.25) is 0 Å². The maximum atomic E-state index is 12.0. The highest BCUT2D eigenvalue weighted by Crippen LogP contribution is 2.33. The Kier molecular flexibility index (Phi) is 10.9. The van der Waals surface area contributed by atoms with Crippen molar-refractivity contribution in [2.75, 3.05) is 39.9 Å². The number of hydrogen-bond acceptors (Lipinski definition) is 5. The van der Waals surface area contributed by atoms with E-state index in [1.807, 2.05) is 32.9 Å². The Balaban J connectivity index is 2.58. The number of halogens is 1. The van der Waals surface area contributed by atoms with Gasteiger partial charge in [-0.15, -0.1) is 0 Å². The van der Waals surface area contributed by atoms with E-state index in [4.69, 9.17) is 9.47 Å². The van der Waals surface area contributed by atoms with Crippen molar-refractivity contribution in [3.05, 3.63) is 22.2 Å². The molecule has 1 aromatic rings. The molecule has 0 aromatic heterocycles. The highest BCUT2D eigenvalue weighted by molar-refractivity contribution is 9.10. The Bertz CT molecular complexity index is 614. The summed E-state index contributed by atoms with van der Waals surface area (Å²) in [6.45, 7) is 15.1. The van der Waals surface area contributed by atoms with E-state index in [1.165, 1.54) is 0 Å². The minimum Gasteiger partial charge on any atom is -0.493 e. The molecule has 0 saturated heterocycles. The van der Waals surface area contributed by atoms with E-state index >= 15 is 0 Å². The van der Waals surface area contributed by atoms with Crippen LogP contribution in [0.3, 0.4) is 0 Å². The molecule has 2 N–H and O–H groups in total. The lowest BCUT2D eigenvalue weighted by molar-refractivity contribution is -0.124. The Morgan fingerprint density at radius 2 is 1.86 bits per heavy atom. The van der Waals surface area contributed by atoms with Gasteiger partial charge in [-0.05, 0) is 71.1 Å². The largest absolute Gasteiger partial charge is 0.493 e. The molecule has 160 valence electrons. The second-order valence-corrected chi connectivity index (χ2v) is 8.59. The summed E-state index contributed by atoms with van der Waals surface area (Å²) in [6.07, 6.45) is 1.11. The summed E-state index contributed by atoms with van der Waals surface area (Å²) < 4.78 is 12.0. The number of nitrogens with zero attached hydrogens (tertiary/aromatic N) is 1. The van der Waals surface area contributed by atoms with E-state index in [2.05, 4.69) is 45.3 Å². The molecule has 0 bridgehead atoms. The Labute approximate surface area is 178 Å². The molecule has 1 amide bonds. The Morgan fingerprint density at radius 3 is 2.43 bits per heavy atom. The molecular formula is C21H36BrN3O3. The first kappa shape index (κ1) is 24.7. The van der Waals surface area contributed by atoms with E-state index in [0.29, 0.717) is 11.5 Å². The van der Waals surface area contributed by atoms with Gasteiger partial charge in [-0.3, -0.25) is 4.79 Å². The predicted molar refractivity (Wildman–Crippen MR) is 118 cm³/mol. The normalized spacial score (nSPS) is 11.6. The van der Waals surface area contributed by atoms with Gasteiger partial charge in [0.1, 0.15) is 0 Å². The van der Waals surface area contributed by atoms with Crippen LogP contribution in [0, 0.1) is 0 Å². The third-order valence-corrected chi connectivity index (χ3v) is 4.98. The second kappa shape index (κ2) is 12.3. The number of nitrogens with one attached hydrogen (secondary N) is 2. The summed E-state index contributed by atoms with van der Waals surface area (Å²) in [5, 5.41) is 6.35. The summed E-state index contributed by atoms with van der Waals surface area (Å²) in [5.41, 5.74) is 0.803. The molecule has 28 heavy (non-hydrogen) atoms. The highest BCUT2D eigenvalue weighted by Gasteiger charge is 2.16. The number of benzene rings is 1. The van der Waals surface area contributed by atoms with Gasteiger partial charge in [-0.25, -0.2) is 0 Å². The second-order valence-electron chi connectivity index (χ2n) is 7.74. The van der Waals surface area contributed by atoms with E-state index in [9.17, 15) is 4.79 Å². The molecule has 0 heterocycles. The number of amides is 1. The standard InChI is InChI=1S/C21H36BrN3O3/c1-7-25(8-2)11-9-10-23-14-16-12-18(27-6)19(13-17(16)22)28-15-20(26)24-21(3,4)5/h12-13,23H,7-11,14-15H2,1-6H3,(H,24,26). The van der Waals surface area contributed by atoms with Crippen molar-refractivity contribution < 1.29 is 14.3 Å². The molecule has 0 aliphatic rings. The van der Waals surface area contributed by atoms with E-state index in [1.54, 1.807) is 7.11 Å². The third-order valence-electron chi connectivity index (χ3n) is 4.24. The fraction of sp³-hybridized carbons (Fsp3) is 0.667. The topological polar surface area (TPSA) is 62.8 Å². The van der Waals surface area contributed by atoms with Crippen LogP contribution in [0.5, 0.6) is 11.5 Å². The number of rotatable bonds is 12. The molecule has 1 rings (SSSR count).